The van der Waals surface area contributed by atoms with Crippen LogP contribution in [0.3, 0.4) is 0 Å². The third kappa shape index (κ3) is 11.0. The van der Waals surface area contributed by atoms with E-state index in [2.05, 4.69) is 61.5 Å². The van der Waals surface area contributed by atoms with Gasteiger partial charge in [0, 0.05) is 33.3 Å². The molecule has 16 heteroatoms. The number of hydrogen-bond acceptors (Lipinski definition) is 12. The molecule has 0 aliphatic carbocycles. The van der Waals surface area contributed by atoms with Gasteiger partial charge in [0.2, 0.25) is 16.0 Å². The number of thiazole rings is 2. The van der Waals surface area contributed by atoms with Crippen molar-refractivity contribution in [3.8, 4) is 11.5 Å². The molecule has 40 heavy (non-hydrogen) atoms. The fourth-order valence-corrected chi connectivity index (χ4v) is 6.27. The third-order valence-electron chi connectivity index (χ3n) is 5.29. The second-order valence-electron chi connectivity index (χ2n) is 8.99. The second kappa shape index (κ2) is 13.7. The van der Waals surface area contributed by atoms with E-state index in [1.807, 2.05) is 29.5 Å². The number of methoxy groups -OCH3 is 2. The predicted octanol–water partition coefficient (Wildman–Crippen LogP) is -3.74. The van der Waals surface area contributed by atoms with Gasteiger partial charge >= 0.3 is 0 Å². The molecule has 1 aliphatic rings. The molecule has 3 heterocycles. The highest BCUT2D eigenvalue weighted by molar-refractivity contribution is 7.19. The summed E-state index contributed by atoms with van der Waals surface area (Å²) < 4.78 is 83.5. The Kier molecular flexibility index (Phi) is 11.6. The van der Waals surface area contributed by atoms with Crippen molar-refractivity contribution in [1.29, 1.82) is 0 Å². The van der Waals surface area contributed by atoms with Crippen LogP contribution in [0.5, 0.6) is 11.5 Å². The van der Waals surface area contributed by atoms with Gasteiger partial charge in [-0.15, -0.1) is 20.5 Å². The van der Waals surface area contributed by atoms with Crippen LogP contribution in [-0.2, 0) is 5.54 Å². The fraction of sp³-hybridized carbons (Fsp3) is 0.333. The molecule has 2 aromatic carbocycles. The number of fused-ring (bicyclic) bond motifs is 4. The number of aromatic nitrogens is 2. The monoisotopic (exact) mass is 638 g/mol. The zero-order chi connectivity index (χ0) is 30.5. The zero-order valence-electron chi connectivity index (χ0n) is 22.4. The van der Waals surface area contributed by atoms with E-state index in [0.717, 1.165) is 23.4 Å². The number of hydrogen-bond donors (Lipinski definition) is 0. The molecule has 5 rings (SSSR count). The number of allylic oxidation sites excluding steroid dienone is 1. The summed E-state index contributed by atoms with van der Waals surface area (Å²) in [6.45, 7) is 8.89. The molecule has 1 aliphatic heterocycles. The summed E-state index contributed by atoms with van der Waals surface area (Å²) in [4.78, 5) is 3.27. The molecule has 0 amide bonds. The molecule has 0 unspecified atom stereocenters. The first-order valence-corrected chi connectivity index (χ1v) is 15.3. The summed E-state index contributed by atoms with van der Waals surface area (Å²) in [5, 5.41) is 2.56. The van der Waals surface area contributed by atoms with Crippen molar-refractivity contribution in [2.75, 3.05) is 14.2 Å². The van der Waals surface area contributed by atoms with E-state index in [4.69, 9.17) is 46.7 Å². The minimum atomic E-state index is -4.94. The van der Waals surface area contributed by atoms with Crippen molar-refractivity contribution >= 4 is 49.2 Å². The molecule has 2 aromatic heterocycles. The van der Waals surface area contributed by atoms with Crippen LogP contribution >= 0.6 is 22.7 Å². The van der Waals surface area contributed by atoms with E-state index in [1.54, 1.807) is 25.6 Å². The van der Waals surface area contributed by atoms with Crippen molar-refractivity contribution in [2.24, 2.45) is 0 Å². The van der Waals surface area contributed by atoms with Crippen LogP contribution in [0.15, 0.2) is 42.0 Å². The highest BCUT2D eigenvalue weighted by Gasteiger charge is 2.38. The lowest BCUT2D eigenvalue weighted by atomic mass is 9.92. The van der Waals surface area contributed by atoms with Crippen molar-refractivity contribution in [1.82, 2.24) is 0 Å². The van der Waals surface area contributed by atoms with E-state index < -0.39 is 20.5 Å². The van der Waals surface area contributed by atoms with Crippen molar-refractivity contribution in [2.45, 2.75) is 39.7 Å². The fourth-order valence-electron chi connectivity index (χ4n) is 4.11. The van der Waals surface area contributed by atoms with E-state index in [-0.39, 0.29) is 5.54 Å². The second-order valence-corrected chi connectivity index (χ2v) is 12.8. The molecule has 12 nitrogen and oxygen atoms in total. The molecular formula is C24H28Cl2N2O10S2. The number of halogens is 2. The number of nitrogens with one attached hydrogen (secondary N) is 1. The van der Waals surface area contributed by atoms with Gasteiger partial charge in [-0.2, -0.15) is 9.55 Å². The molecule has 0 bridgehead atoms. The minimum Gasteiger partial charge on any atom is -0.497 e. The Bertz CT molecular complexity index is 1440. The molecule has 0 fully saturated rings. The first-order chi connectivity index (χ1) is 18.3. The number of aryl methyl sites for hydroxylation is 1. The summed E-state index contributed by atoms with van der Waals surface area (Å²) in [5.41, 5.74) is 4.03. The van der Waals surface area contributed by atoms with Gasteiger partial charge in [0.05, 0.1) is 26.4 Å². The number of nitrogens with zero attached hydrogens (tertiary/aromatic N) is 1. The summed E-state index contributed by atoms with van der Waals surface area (Å²) in [5.74, 6) is 1.83. The van der Waals surface area contributed by atoms with E-state index in [9.17, 15) is 0 Å². The first kappa shape index (κ1) is 34.0. The molecule has 220 valence electrons. The lowest BCUT2D eigenvalue weighted by Gasteiger charge is -2.23. The van der Waals surface area contributed by atoms with Gasteiger partial charge in [-0.1, -0.05) is 28.2 Å². The summed E-state index contributed by atoms with van der Waals surface area (Å²) in [6.07, 6.45) is 3.41. The average Bonchev–Trinajstić information content (AvgIpc) is 3.34. The number of ether oxygens (including phenoxy) is 2. The van der Waals surface area contributed by atoms with Gasteiger partial charge in [-0.05, 0) is 31.2 Å². The summed E-state index contributed by atoms with van der Waals surface area (Å²) in [6, 6.07) is 12.4. The largest absolute Gasteiger partial charge is 0.497 e. The van der Waals surface area contributed by atoms with Gasteiger partial charge < -0.3 is 9.47 Å². The van der Waals surface area contributed by atoms with E-state index in [0.29, 0.717) is 0 Å². The van der Waals surface area contributed by atoms with Gasteiger partial charge in [-0.25, -0.2) is 37.3 Å². The minimum absolute atomic E-state index is 0.138. The molecule has 0 saturated carbocycles. The molecular weight excluding hydrogens is 611 g/mol. The summed E-state index contributed by atoms with van der Waals surface area (Å²) in [7, 11) is -6.49. The highest BCUT2D eigenvalue weighted by atomic mass is 35.7. The van der Waals surface area contributed by atoms with Crippen LogP contribution in [0, 0.1) is 27.4 Å². The maximum Gasteiger partial charge on any atom is 0.263 e. The Morgan fingerprint density at radius 3 is 1.82 bits per heavy atom. The third-order valence-corrected chi connectivity index (χ3v) is 7.35. The van der Waals surface area contributed by atoms with E-state index >= 15 is 0 Å². The Labute approximate surface area is 242 Å². The van der Waals surface area contributed by atoms with Crippen LogP contribution in [0.1, 0.15) is 37.2 Å². The number of aromatic amines is 1. The standard InChI is InChI=1S/C15H18NOS.C9H9NOS.2ClHO4/c1-10-7-14-16(15(2,3)9-10)12-8-11(17-4)5-6-13(12)18-14;1-6-10-8-5-7(11-2)3-4-9(8)12-6;2*2-1(3,4)5/h5-8H,9H2,1-4H3;3-5H,1-2H3;2*(H,2,3,4,5)/q+1;;;/p-1. The lowest BCUT2D eigenvalue weighted by molar-refractivity contribution is -2.00. The van der Waals surface area contributed by atoms with Crippen LogP contribution in [-0.4, -0.2) is 14.2 Å². The molecule has 4 aromatic rings. The van der Waals surface area contributed by atoms with Gasteiger partial charge in [0.1, 0.15) is 20.9 Å². The predicted molar refractivity (Wildman–Crippen MR) is 126 cm³/mol. The first-order valence-electron chi connectivity index (χ1n) is 11.2. The van der Waals surface area contributed by atoms with E-state index in [1.165, 1.54) is 30.5 Å². The molecule has 0 radical (unpaired) electrons. The SMILES string of the molecule is COc1ccc2sc(C)[nH+]c2c1.COc1ccc2sc3[n+](c2c1)C(C)(C)CC(C)=C3.[O-][Cl+3]([O-])([O-])[O-].[O-][Cl+3]([O-])([O-])[O-]. The quantitative estimate of drug-likeness (QED) is 0.195. The number of rotatable bonds is 2. The van der Waals surface area contributed by atoms with Crippen molar-refractivity contribution in [3.63, 3.8) is 0 Å². The number of benzene rings is 2. The van der Waals surface area contributed by atoms with Crippen molar-refractivity contribution in [3.05, 3.63) is 52.0 Å². The van der Waals surface area contributed by atoms with Crippen LogP contribution in [0.25, 0.3) is 26.5 Å². The van der Waals surface area contributed by atoms with Crippen LogP contribution < -0.4 is 56.3 Å². The maximum atomic E-state index is 8.49. The smallest absolute Gasteiger partial charge is 0.263 e. The van der Waals surface area contributed by atoms with Crippen LogP contribution in [0.2, 0.25) is 0 Å². The lowest BCUT2D eigenvalue weighted by Crippen LogP contribution is -2.68. The van der Waals surface area contributed by atoms with Gasteiger partial charge in [-0.3, -0.25) is 0 Å². The normalized spacial score (nSPS) is 14.0. The zero-order valence-corrected chi connectivity index (χ0v) is 25.5. The average molecular weight is 640 g/mol. The molecule has 1 N–H and O–H groups in total. The van der Waals surface area contributed by atoms with Crippen LogP contribution in [0.4, 0.5) is 0 Å². The molecule has 0 saturated heterocycles. The Hall–Kier alpha value is -2.18. The Balaban J connectivity index is 0.000000219. The summed E-state index contributed by atoms with van der Waals surface area (Å²) >= 11 is 3.62. The van der Waals surface area contributed by atoms with Gasteiger partial charge in [0.25, 0.3) is 5.01 Å². The highest BCUT2D eigenvalue weighted by Crippen LogP contribution is 2.34. The molecule has 0 atom stereocenters. The molecule has 0 spiro atoms. The Morgan fingerprint density at radius 2 is 1.30 bits per heavy atom. The van der Waals surface area contributed by atoms with Crippen molar-refractivity contribution < 1.29 is 76.8 Å². The Morgan fingerprint density at radius 1 is 0.800 bits per heavy atom. The van der Waals surface area contributed by atoms with Gasteiger partial charge in [0.15, 0.2) is 5.54 Å². The topological polar surface area (TPSA) is 221 Å². The maximum absolute atomic E-state index is 8.49. The number of H-pyrrole nitrogens is 1.